The molecule has 4 nitrogen and oxygen atoms in total. The second-order valence-electron chi connectivity index (χ2n) is 2.93. The summed E-state index contributed by atoms with van der Waals surface area (Å²) < 4.78 is 0. The highest BCUT2D eigenvalue weighted by Gasteiger charge is 2.20. The molecule has 1 atom stereocenters. The van der Waals surface area contributed by atoms with Gasteiger partial charge in [-0.1, -0.05) is 23.5 Å². The standard InChI is InChI=1S/C7H14N4S2.BrH/c1-11(2)7-10-3-5(13-7)4-12-6(8)9;/h5H,3-4H2,1-2H3,(H3,8,9);1H. The van der Waals surface area contributed by atoms with Gasteiger partial charge < -0.3 is 10.6 Å². The molecule has 0 aromatic rings. The fraction of sp³-hybridized carbons (Fsp3) is 0.714. The number of rotatable bonds is 2. The van der Waals surface area contributed by atoms with Crippen LogP contribution in [0.4, 0.5) is 0 Å². The first-order valence-corrected chi connectivity index (χ1v) is 5.81. The molecule has 1 aliphatic heterocycles. The third-order valence-corrected chi connectivity index (χ3v) is 3.95. The van der Waals surface area contributed by atoms with Gasteiger partial charge in [0.15, 0.2) is 10.3 Å². The molecule has 0 radical (unpaired) electrons. The van der Waals surface area contributed by atoms with Crippen LogP contribution in [0.1, 0.15) is 0 Å². The van der Waals surface area contributed by atoms with Crippen molar-refractivity contribution in [1.82, 2.24) is 4.90 Å². The number of aliphatic imine (C=N–C) groups is 1. The van der Waals surface area contributed by atoms with Crippen molar-refractivity contribution in [3.63, 3.8) is 0 Å². The van der Waals surface area contributed by atoms with Crippen LogP contribution in [0.25, 0.3) is 0 Å². The van der Waals surface area contributed by atoms with E-state index in [1.165, 1.54) is 11.8 Å². The Hall–Kier alpha value is 0.120. The molecule has 0 aromatic carbocycles. The van der Waals surface area contributed by atoms with Crippen molar-refractivity contribution in [2.75, 3.05) is 26.4 Å². The van der Waals surface area contributed by atoms with Gasteiger partial charge in [0.25, 0.3) is 0 Å². The van der Waals surface area contributed by atoms with Crippen molar-refractivity contribution in [1.29, 1.82) is 5.41 Å². The molecule has 0 amide bonds. The lowest BCUT2D eigenvalue weighted by Crippen LogP contribution is -2.18. The van der Waals surface area contributed by atoms with E-state index in [0.29, 0.717) is 5.25 Å². The summed E-state index contributed by atoms with van der Waals surface area (Å²) in [4.78, 5) is 6.39. The Labute approximate surface area is 103 Å². The number of halogens is 1. The molecule has 0 spiro atoms. The molecular formula is C7H15BrN4S2. The van der Waals surface area contributed by atoms with Gasteiger partial charge in [0.1, 0.15) is 0 Å². The third kappa shape index (κ3) is 4.56. The summed E-state index contributed by atoms with van der Waals surface area (Å²) in [5.41, 5.74) is 5.25. The fourth-order valence-electron chi connectivity index (χ4n) is 0.920. The lowest BCUT2D eigenvalue weighted by atomic mass is 10.5. The van der Waals surface area contributed by atoms with Crippen molar-refractivity contribution in [3.05, 3.63) is 0 Å². The molecule has 0 fully saturated rings. The maximum absolute atomic E-state index is 7.08. The number of amidine groups is 2. The van der Waals surface area contributed by atoms with Gasteiger partial charge in [-0.3, -0.25) is 10.4 Å². The molecule has 0 aromatic heterocycles. The van der Waals surface area contributed by atoms with Crippen LogP contribution in [0.5, 0.6) is 0 Å². The zero-order valence-electron chi connectivity index (χ0n) is 8.19. The minimum absolute atomic E-state index is 0. The largest absolute Gasteiger partial charge is 0.379 e. The molecule has 1 heterocycles. The molecule has 0 saturated heterocycles. The molecule has 14 heavy (non-hydrogen) atoms. The van der Waals surface area contributed by atoms with Gasteiger partial charge >= 0.3 is 0 Å². The summed E-state index contributed by atoms with van der Waals surface area (Å²) >= 11 is 3.15. The zero-order valence-corrected chi connectivity index (χ0v) is 11.5. The number of hydrogen-bond donors (Lipinski definition) is 2. The predicted molar refractivity (Wildman–Crippen MR) is 72.1 cm³/mol. The van der Waals surface area contributed by atoms with Crippen LogP contribution < -0.4 is 5.73 Å². The Balaban J connectivity index is 0.00000169. The first kappa shape index (κ1) is 14.1. The van der Waals surface area contributed by atoms with E-state index >= 15 is 0 Å². The predicted octanol–water partition coefficient (Wildman–Crippen LogP) is 1.22. The van der Waals surface area contributed by atoms with Gasteiger partial charge in [0.2, 0.25) is 0 Å². The molecule has 82 valence electrons. The molecule has 0 saturated carbocycles. The maximum atomic E-state index is 7.08. The molecule has 1 rings (SSSR count). The first-order chi connectivity index (χ1) is 6.09. The Bertz CT molecular complexity index is 232. The molecule has 3 N–H and O–H groups in total. The summed E-state index contributed by atoms with van der Waals surface area (Å²) in [6.45, 7) is 0.846. The zero-order chi connectivity index (χ0) is 9.84. The lowest BCUT2D eigenvalue weighted by molar-refractivity contribution is 0.635. The van der Waals surface area contributed by atoms with Gasteiger partial charge in [0.05, 0.1) is 6.54 Å². The van der Waals surface area contributed by atoms with Crippen LogP contribution in [-0.4, -0.2) is 46.9 Å². The molecular weight excluding hydrogens is 284 g/mol. The summed E-state index contributed by atoms with van der Waals surface area (Å²) in [7, 11) is 3.98. The topological polar surface area (TPSA) is 65.5 Å². The minimum Gasteiger partial charge on any atom is -0.379 e. The number of nitrogens with two attached hydrogens (primary N) is 1. The van der Waals surface area contributed by atoms with Gasteiger partial charge in [-0.25, -0.2) is 0 Å². The van der Waals surface area contributed by atoms with E-state index in [9.17, 15) is 0 Å². The second kappa shape index (κ2) is 6.58. The molecule has 1 unspecified atom stereocenters. The van der Waals surface area contributed by atoms with Crippen LogP contribution >= 0.6 is 40.5 Å². The van der Waals surface area contributed by atoms with E-state index in [0.717, 1.165) is 17.5 Å². The van der Waals surface area contributed by atoms with Crippen LogP contribution in [0.15, 0.2) is 4.99 Å². The highest BCUT2D eigenvalue weighted by molar-refractivity contribution is 8.93. The Kier molecular flexibility index (Phi) is 6.63. The van der Waals surface area contributed by atoms with Crippen molar-refractivity contribution < 1.29 is 0 Å². The Morgan fingerprint density at radius 3 is 2.86 bits per heavy atom. The molecule has 0 aliphatic carbocycles. The number of nitrogens with one attached hydrogen (secondary N) is 1. The highest BCUT2D eigenvalue weighted by Crippen LogP contribution is 2.24. The van der Waals surface area contributed by atoms with Crippen molar-refractivity contribution in [2.45, 2.75) is 5.25 Å². The van der Waals surface area contributed by atoms with Gasteiger partial charge in [-0.05, 0) is 0 Å². The summed E-state index contributed by atoms with van der Waals surface area (Å²) in [6.07, 6.45) is 0. The SMILES string of the molecule is Br.CN(C)C1=NCC(CSC(=N)N)S1. The quantitative estimate of drug-likeness (QED) is 0.594. The molecule has 0 bridgehead atoms. The van der Waals surface area contributed by atoms with E-state index in [-0.39, 0.29) is 22.1 Å². The van der Waals surface area contributed by atoms with Crippen LogP contribution in [0.2, 0.25) is 0 Å². The summed E-state index contributed by atoms with van der Waals surface area (Å²) in [6, 6.07) is 0. The first-order valence-electron chi connectivity index (χ1n) is 3.95. The van der Waals surface area contributed by atoms with Crippen LogP contribution in [0.3, 0.4) is 0 Å². The van der Waals surface area contributed by atoms with Crippen molar-refractivity contribution in [2.24, 2.45) is 10.7 Å². The van der Waals surface area contributed by atoms with E-state index in [1.807, 2.05) is 19.0 Å². The van der Waals surface area contributed by atoms with Gasteiger partial charge in [0, 0.05) is 25.1 Å². The number of nitrogens with zero attached hydrogens (tertiary/aromatic N) is 2. The second-order valence-corrected chi connectivity index (χ2v) is 5.26. The lowest BCUT2D eigenvalue weighted by Gasteiger charge is -2.12. The average molecular weight is 299 g/mol. The van der Waals surface area contributed by atoms with E-state index in [4.69, 9.17) is 11.1 Å². The minimum atomic E-state index is 0. The third-order valence-electron chi connectivity index (χ3n) is 1.51. The molecule has 1 aliphatic rings. The summed E-state index contributed by atoms with van der Waals surface area (Å²) in [5.74, 6) is 0.876. The van der Waals surface area contributed by atoms with Gasteiger partial charge in [-0.2, -0.15) is 0 Å². The van der Waals surface area contributed by atoms with Crippen molar-refractivity contribution in [3.8, 4) is 0 Å². The highest BCUT2D eigenvalue weighted by atomic mass is 79.9. The molecule has 7 heteroatoms. The average Bonchev–Trinajstić information content (AvgIpc) is 2.48. The number of thioether (sulfide) groups is 2. The normalized spacial score (nSPS) is 19.9. The fourth-order valence-corrected chi connectivity index (χ4v) is 2.67. The maximum Gasteiger partial charge on any atom is 0.159 e. The smallest absolute Gasteiger partial charge is 0.159 e. The van der Waals surface area contributed by atoms with Crippen LogP contribution in [-0.2, 0) is 0 Å². The monoisotopic (exact) mass is 298 g/mol. The number of hydrogen-bond acceptors (Lipinski definition) is 5. The van der Waals surface area contributed by atoms with Crippen LogP contribution in [0, 0.1) is 5.41 Å². The van der Waals surface area contributed by atoms with Gasteiger partial charge in [-0.15, -0.1) is 17.0 Å². The van der Waals surface area contributed by atoms with Crippen molar-refractivity contribution >= 4 is 50.8 Å². The Morgan fingerprint density at radius 2 is 2.43 bits per heavy atom. The van der Waals surface area contributed by atoms with E-state index in [1.54, 1.807) is 11.8 Å². The summed E-state index contributed by atoms with van der Waals surface area (Å²) in [5, 5.41) is 8.83. The van der Waals surface area contributed by atoms with E-state index in [2.05, 4.69) is 4.99 Å². The Morgan fingerprint density at radius 1 is 1.79 bits per heavy atom. The van der Waals surface area contributed by atoms with E-state index < -0.39 is 0 Å².